The highest BCUT2D eigenvalue weighted by Gasteiger charge is 2.39. The lowest BCUT2D eigenvalue weighted by Crippen LogP contribution is -2.43. The summed E-state index contributed by atoms with van der Waals surface area (Å²) < 4.78 is 27.6. The van der Waals surface area contributed by atoms with E-state index in [4.69, 9.17) is 11.6 Å². The standard InChI is InChI=1S/C22H23ClN4O3S2/c23-16-3-8-19-15(14-16)2-1-11-27(19)20-9-12-26(21(20)28)17-4-6-18(7-5-17)32(29,30)25-22-24-10-13-31-22/h3-8,10,13,16,20H,1-2,9,11-12,14H2,(H,24,25)/t16?,20-/m1/s1. The van der Waals surface area contributed by atoms with E-state index in [0.717, 1.165) is 37.9 Å². The molecule has 1 amide bonds. The molecule has 1 aliphatic carbocycles. The third-order valence-corrected chi connectivity index (χ3v) is 8.59. The highest BCUT2D eigenvalue weighted by molar-refractivity contribution is 7.93. The average Bonchev–Trinajstić information content (AvgIpc) is 3.42. The number of benzene rings is 1. The summed E-state index contributed by atoms with van der Waals surface area (Å²) in [6, 6.07) is 6.23. The van der Waals surface area contributed by atoms with Crippen LogP contribution in [0.4, 0.5) is 10.8 Å². The predicted octanol–water partition coefficient (Wildman–Crippen LogP) is 3.97. The van der Waals surface area contributed by atoms with Crippen molar-refractivity contribution in [1.82, 2.24) is 9.88 Å². The van der Waals surface area contributed by atoms with Crippen LogP contribution in [0.3, 0.4) is 0 Å². The Morgan fingerprint density at radius 1 is 1.19 bits per heavy atom. The first-order valence-electron chi connectivity index (χ1n) is 10.6. The number of nitrogens with zero attached hydrogens (tertiary/aromatic N) is 3. The molecule has 168 valence electrons. The van der Waals surface area contributed by atoms with Gasteiger partial charge in [-0.15, -0.1) is 22.9 Å². The van der Waals surface area contributed by atoms with Crippen molar-refractivity contribution in [2.75, 3.05) is 22.7 Å². The van der Waals surface area contributed by atoms with Gasteiger partial charge in [0.1, 0.15) is 6.04 Å². The molecule has 3 aliphatic rings. The van der Waals surface area contributed by atoms with E-state index >= 15 is 0 Å². The summed E-state index contributed by atoms with van der Waals surface area (Å²) in [5.41, 5.74) is 3.20. The average molecular weight is 491 g/mol. The molecule has 1 saturated heterocycles. The van der Waals surface area contributed by atoms with Crippen LogP contribution in [0.2, 0.25) is 0 Å². The van der Waals surface area contributed by atoms with E-state index in [2.05, 4.69) is 20.7 Å². The lowest BCUT2D eigenvalue weighted by atomic mass is 9.92. The summed E-state index contributed by atoms with van der Waals surface area (Å²) >= 11 is 7.51. The van der Waals surface area contributed by atoms with E-state index in [0.29, 0.717) is 17.4 Å². The SMILES string of the molecule is O=C1[C@H](N2CCCC3=C2C=CC(Cl)C3)CCN1c1ccc(S(=O)(=O)Nc2nccs2)cc1. The number of aromatic nitrogens is 1. The molecule has 3 heterocycles. The zero-order chi connectivity index (χ0) is 22.3. The van der Waals surface area contributed by atoms with Gasteiger partial charge in [-0.05, 0) is 61.6 Å². The van der Waals surface area contributed by atoms with Gasteiger partial charge in [0.25, 0.3) is 10.0 Å². The fourth-order valence-corrected chi connectivity index (χ4v) is 6.67. The summed E-state index contributed by atoms with van der Waals surface area (Å²) in [5.74, 6) is 0.0525. The molecular weight excluding hydrogens is 468 g/mol. The second-order valence-electron chi connectivity index (χ2n) is 8.10. The van der Waals surface area contributed by atoms with Gasteiger partial charge in [-0.25, -0.2) is 13.4 Å². The maximum atomic E-state index is 13.3. The van der Waals surface area contributed by atoms with Crippen LogP contribution >= 0.6 is 22.9 Å². The highest BCUT2D eigenvalue weighted by Crippen LogP contribution is 2.36. The van der Waals surface area contributed by atoms with Gasteiger partial charge in [-0.2, -0.15) is 0 Å². The summed E-state index contributed by atoms with van der Waals surface area (Å²) in [6.07, 6.45) is 9.27. The molecule has 1 aromatic heterocycles. The van der Waals surface area contributed by atoms with E-state index in [1.165, 1.54) is 29.0 Å². The zero-order valence-electron chi connectivity index (χ0n) is 17.3. The molecule has 1 aromatic carbocycles. The Morgan fingerprint density at radius 3 is 2.75 bits per heavy atom. The smallest absolute Gasteiger partial charge is 0.263 e. The summed E-state index contributed by atoms with van der Waals surface area (Å²) in [5, 5.41) is 2.05. The van der Waals surface area contributed by atoms with Crippen molar-refractivity contribution in [2.45, 2.75) is 42.0 Å². The quantitative estimate of drug-likeness (QED) is 0.641. The number of nitrogens with one attached hydrogen (secondary N) is 1. The zero-order valence-corrected chi connectivity index (χ0v) is 19.7. The number of alkyl halides is 1. The Bertz CT molecular complexity index is 1180. The number of hydrogen-bond donors (Lipinski definition) is 1. The summed E-state index contributed by atoms with van der Waals surface area (Å²) in [6.45, 7) is 1.47. The fraction of sp³-hybridized carbons (Fsp3) is 0.364. The Kier molecular flexibility index (Phi) is 5.73. The van der Waals surface area contributed by atoms with Crippen molar-refractivity contribution < 1.29 is 13.2 Å². The van der Waals surface area contributed by atoms with Crippen LogP contribution in [0, 0.1) is 0 Å². The molecule has 0 saturated carbocycles. The molecule has 1 N–H and O–H groups in total. The monoisotopic (exact) mass is 490 g/mol. The number of amides is 1. The van der Waals surface area contributed by atoms with Crippen LogP contribution < -0.4 is 9.62 Å². The van der Waals surface area contributed by atoms with Crippen LogP contribution in [-0.4, -0.2) is 48.7 Å². The molecule has 2 aromatic rings. The van der Waals surface area contributed by atoms with Crippen molar-refractivity contribution in [2.24, 2.45) is 0 Å². The molecule has 7 nitrogen and oxygen atoms in total. The second kappa shape index (κ2) is 8.53. The van der Waals surface area contributed by atoms with Crippen molar-refractivity contribution in [3.63, 3.8) is 0 Å². The van der Waals surface area contributed by atoms with Gasteiger partial charge in [0.15, 0.2) is 5.13 Å². The molecule has 1 fully saturated rings. The van der Waals surface area contributed by atoms with E-state index < -0.39 is 10.0 Å². The summed E-state index contributed by atoms with van der Waals surface area (Å²) in [4.78, 5) is 21.4. The second-order valence-corrected chi connectivity index (χ2v) is 11.2. The first-order valence-corrected chi connectivity index (χ1v) is 13.4. The van der Waals surface area contributed by atoms with Crippen LogP contribution in [0.25, 0.3) is 0 Å². The minimum atomic E-state index is -3.72. The first-order chi connectivity index (χ1) is 15.4. The Hall–Kier alpha value is -2.36. The summed E-state index contributed by atoms with van der Waals surface area (Å²) in [7, 11) is -3.72. The van der Waals surface area contributed by atoms with Gasteiger partial charge in [-0.3, -0.25) is 9.52 Å². The number of halogens is 1. The van der Waals surface area contributed by atoms with Gasteiger partial charge in [0, 0.05) is 36.1 Å². The van der Waals surface area contributed by atoms with E-state index in [1.54, 1.807) is 28.6 Å². The minimum absolute atomic E-state index is 0.0318. The largest absolute Gasteiger partial charge is 0.359 e. The van der Waals surface area contributed by atoms with E-state index in [1.807, 2.05) is 6.08 Å². The van der Waals surface area contributed by atoms with Crippen LogP contribution in [-0.2, 0) is 14.8 Å². The van der Waals surface area contributed by atoms with Gasteiger partial charge < -0.3 is 9.80 Å². The number of thiazole rings is 1. The maximum absolute atomic E-state index is 13.3. The maximum Gasteiger partial charge on any atom is 0.263 e. The molecule has 0 spiro atoms. The van der Waals surface area contributed by atoms with Crippen molar-refractivity contribution >= 4 is 49.7 Å². The molecule has 10 heteroatoms. The molecule has 0 bridgehead atoms. The minimum Gasteiger partial charge on any atom is -0.359 e. The molecular formula is C22H23ClN4O3S2. The number of anilines is 2. The first kappa shape index (κ1) is 21.5. The van der Waals surface area contributed by atoms with Crippen LogP contribution in [0.1, 0.15) is 25.7 Å². The number of rotatable bonds is 5. The number of carbonyl (C=O) groups excluding carboxylic acids is 1. The Balaban J connectivity index is 1.32. The van der Waals surface area contributed by atoms with Gasteiger partial charge in [0.05, 0.1) is 10.3 Å². The van der Waals surface area contributed by atoms with E-state index in [9.17, 15) is 13.2 Å². The molecule has 2 aliphatic heterocycles. The van der Waals surface area contributed by atoms with Crippen LogP contribution in [0.5, 0.6) is 0 Å². The molecule has 2 atom stereocenters. The highest BCUT2D eigenvalue weighted by atomic mass is 35.5. The van der Waals surface area contributed by atoms with Crippen molar-refractivity contribution in [3.05, 3.63) is 59.3 Å². The number of hydrogen-bond acceptors (Lipinski definition) is 6. The third-order valence-electron chi connectivity index (χ3n) is 6.12. The topological polar surface area (TPSA) is 82.6 Å². The Labute approximate surface area is 196 Å². The van der Waals surface area contributed by atoms with Gasteiger partial charge in [0.2, 0.25) is 5.91 Å². The van der Waals surface area contributed by atoms with Gasteiger partial charge >= 0.3 is 0 Å². The number of sulfonamides is 1. The molecule has 1 unspecified atom stereocenters. The van der Waals surface area contributed by atoms with Crippen molar-refractivity contribution in [3.8, 4) is 0 Å². The number of allylic oxidation sites excluding steroid dienone is 3. The van der Waals surface area contributed by atoms with Crippen molar-refractivity contribution in [1.29, 1.82) is 0 Å². The lowest BCUT2D eigenvalue weighted by Gasteiger charge is -2.38. The van der Waals surface area contributed by atoms with Gasteiger partial charge in [-0.1, -0.05) is 6.08 Å². The fourth-order valence-electron chi connectivity index (χ4n) is 4.62. The van der Waals surface area contributed by atoms with Crippen LogP contribution in [0.15, 0.2) is 64.2 Å². The normalized spacial score (nSPS) is 23.6. The Morgan fingerprint density at radius 2 is 2.00 bits per heavy atom. The lowest BCUT2D eigenvalue weighted by molar-refractivity contribution is -0.121. The molecule has 0 radical (unpaired) electrons. The third kappa shape index (κ3) is 4.04. The van der Waals surface area contributed by atoms with E-state index in [-0.39, 0.29) is 22.2 Å². The molecule has 32 heavy (non-hydrogen) atoms. The predicted molar refractivity (Wildman–Crippen MR) is 126 cm³/mol. The molecule has 5 rings (SSSR count). The number of carbonyl (C=O) groups is 1.